The third-order valence-electron chi connectivity index (χ3n) is 4.33. The Morgan fingerprint density at radius 3 is 2.76 bits per heavy atom. The number of rotatable bonds is 11. The molecule has 0 fully saturated rings. The Hall–Kier alpha value is -2.87. The van der Waals surface area contributed by atoms with Crippen LogP contribution in [0.15, 0.2) is 34.9 Å². The van der Waals surface area contributed by atoms with Gasteiger partial charge in [-0.3, -0.25) is 4.79 Å². The van der Waals surface area contributed by atoms with E-state index in [9.17, 15) is 4.79 Å². The molecule has 0 saturated heterocycles. The van der Waals surface area contributed by atoms with Gasteiger partial charge in [0, 0.05) is 25.1 Å². The number of aromatic amines is 1. The summed E-state index contributed by atoms with van der Waals surface area (Å²) in [5, 5.41) is 10.2. The number of benzene rings is 1. The van der Waals surface area contributed by atoms with E-state index in [0.717, 1.165) is 37.8 Å². The van der Waals surface area contributed by atoms with Gasteiger partial charge in [0.05, 0.1) is 0 Å². The Balaban J connectivity index is 1.41. The number of H-pyrrole nitrogens is 1. The van der Waals surface area contributed by atoms with Crippen molar-refractivity contribution in [3.63, 3.8) is 0 Å². The predicted octanol–water partition coefficient (Wildman–Crippen LogP) is 4.08. The minimum atomic E-state index is -0.229. The summed E-state index contributed by atoms with van der Waals surface area (Å²) < 4.78 is 5.30. The summed E-state index contributed by atoms with van der Waals surface area (Å²) in [5.41, 5.74) is 1.28. The number of hydrogen-bond donors (Lipinski definition) is 3. The van der Waals surface area contributed by atoms with Crippen molar-refractivity contribution >= 4 is 23.3 Å². The molecule has 0 radical (unpaired) electrons. The van der Waals surface area contributed by atoms with Gasteiger partial charge in [-0.25, -0.2) is 4.98 Å². The highest BCUT2D eigenvalue weighted by atomic mass is 35.5. The number of aryl methyl sites for hydroxylation is 1. The zero-order valence-electron chi connectivity index (χ0n) is 16.4. The number of amides is 1. The third-order valence-corrected chi connectivity index (χ3v) is 4.51. The molecule has 8 nitrogen and oxygen atoms in total. The van der Waals surface area contributed by atoms with Gasteiger partial charge in [0.1, 0.15) is 5.69 Å². The summed E-state index contributed by atoms with van der Waals surface area (Å²) in [6, 6.07) is 9.70. The number of aromatic nitrogens is 4. The fourth-order valence-corrected chi connectivity index (χ4v) is 2.95. The zero-order valence-corrected chi connectivity index (χ0v) is 17.1. The average Bonchev–Trinajstić information content (AvgIpc) is 3.35. The molecule has 0 atom stereocenters. The SMILES string of the molecule is CCCCNc1nc(Cl)[nH]c1C(=O)NCCCCc1nc(-c2ccccc2)no1. The first kappa shape index (κ1) is 20.9. The van der Waals surface area contributed by atoms with Crippen LogP contribution in [0, 0.1) is 0 Å². The lowest BCUT2D eigenvalue weighted by Crippen LogP contribution is -2.26. The number of imidazole rings is 1. The van der Waals surface area contributed by atoms with Gasteiger partial charge in [-0.1, -0.05) is 48.8 Å². The summed E-state index contributed by atoms with van der Waals surface area (Å²) in [6.07, 6.45) is 4.32. The summed E-state index contributed by atoms with van der Waals surface area (Å²) in [5.74, 6) is 1.44. The van der Waals surface area contributed by atoms with Crippen LogP contribution in [0.4, 0.5) is 5.82 Å². The normalized spacial score (nSPS) is 10.8. The van der Waals surface area contributed by atoms with Gasteiger partial charge < -0.3 is 20.1 Å². The predicted molar refractivity (Wildman–Crippen MR) is 112 cm³/mol. The molecule has 0 spiro atoms. The highest BCUT2D eigenvalue weighted by Gasteiger charge is 2.16. The molecule has 9 heteroatoms. The molecular formula is C20H25ClN6O2. The Morgan fingerprint density at radius 2 is 1.97 bits per heavy atom. The average molecular weight is 417 g/mol. The Kier molecular flexibility index (Phi) is 7.63. The van der Waals surface area contributed by atoms with Crippen molar-refractivity contribution in [2.75, 3.05) is 18.4 Å². The van der Waals surface area contributed by atoms with Crippen LogP contribution in [-0.2, 0) is 6.42 Å². The van der Waals surface area contributed by atoms with Crippen molar-refractivity contribution in [2.24, 2.45) is 0 Å². The largest absolute Gasteiger partial charge is 0.368 e. The van der Waals surface area contributed by atoms with Crippen LogP contribution >= 0.6 is 11.6 Å². The monoisotopic (exact) mass is 416 g/mol. The lowest BCUT2D eigenvalue weighted by atomic mass is 10.2. The van der Waals surface area contributed by atoms with Crippen LogP contribution in [0.25, 0.3) is 11.4 Å². The van der Waals surface area contributed by atoms with E-state index >= 15 is 0 Å². The summed E-state index contributed by atoms with van der Waals surface area (Å²) in [7, 11) is 0. The van der Waals surface area contributed by atoms with E-state index in [-0.39, 0.29) is 11.2 Å². The molecule has 1 amide bonds. The number of anilines is 1. The second-order valence-corrected chi connectivity index (χ2v) is 6.98. The van der Waals surface area contributed by atoms with Crippen molar-refractivity contribution in [3.05, 3.63) is 47.2 Å². The molecule has 2 heterocycles. The fraction of sp³-hybridized carbons (Fsp3) is 0.400. The van der Waals surface area contributed by atoms with Gasteiger partial charge in [0.15, 0.2) is 5.82 Å². The number of carbonyl (C=O) groups excluding carboxylic acids is 1. The van der Waals surface area contributed by atoms with Crippen molar-refractivity contribution < 1.29 is 9.32 Å². The molecule has 0 saturated carbocycles. The molecule has 3 aromatic rings. The van der Waals surface area contributed by atoms with Gasteiger partial charge in [-0.15, -0.1) is 0 Å². The van der Waals surface area contributed by atoms with Crippen LogP contribution in [0.1, 0.15) is 49.0 Å². The van der Waals surface area contributed by atoms with E-state index in [1.165, 1.54) is 0 Å². The second-order valence-electron chi connectivity index (χ2n) is 6.62. The van der Waals surface area contributed by atoms with E-state index in [1.54, 1.807) is 0 Å². The standard InChI is InChI=1S/C20H25ClN6O2/c1-2-3-12-22-18-16(25-20(21)26-18)19(28)23-13-8-7-11-15-24-17(27-29-15)14-9-5-4-6-10-14/h4-6,9-10,22H,2-3,7-8,11-13H2,1H3,(H,23,28)(H,25,26). The van der Waals surface area contributed by atoms with Crippen LogP contribution in [0.5, 0.6) is 0 Å². The molecule has 3 rings (SSSR count). The minimum Gasteiger partial charge on any atom is -0.368 e. The van der Waals surface area contributed by atoms with Gasteiger partial charge in [0.25, 0.3) is 5.91 Å². The highest BCUT2D eigenvalue weighted by Crippen LogP contribution is 2.17. The number of nitrogens with zero attached hydrogens (tertiary/aromatic N) is 3. The minimum absolute atomic E-state index is 0.194. The lowest BCUT2D eigenvalue weighted by Gasteiger charge is -2.06. The van der Waals surface area contributed by atoms with Gasteiger partial charge >= 0.3 is 0 Å². The van der Waals surface area contributed by atoms with Gasteiger partial charge in [0.2, 0.25) is 17.0 Å². The van der Waals surface area contributed by atoms with E-state index in [4.69, 9.17) is 16.1 Å². The van der Waals surface area contributed by atoms with E-state index in [0.29, 0.717) is 36.2 Å². The number of hydrogen-bond acceptors (Lipinski definition) is 6. The molecule has 3 N–H and O–H groups in total. The quantitative estimate of drug-likeness (QED) is 0.406. The first-order valence-electron chi connectivity index (χ1n) is 9.83. The molecule has 1 aromatic carbocycles. The zero-order chi connectivity index (χ0) is 20.5. The molecule has 2 aromatic heterocycles. The maximum atomic E-state index is 12.4. The second kappa shape index (κ2) is 10.6. The fourth-order valence-electron chi connectivity index (χ4n) is 2.77. The van der Waals surface area contributed by atoms with Gasteiger partial charge in [-0.2, -0.15) is 4.98 Å². The van der Waals surface area contributed by atoms with Crippen molar-refractivity contribution in [3.8, 4) is 11.4 Å². The molecule has 0 bridgehead atoms. The molecule has 154 valence electrons. The van der Waals surface area contributed by atoms with Crippen LogP contribution in [0.3, 0.4) is 0 Å². The van der Waals surface area contributed by atoms with Crippen molar-refractivity contribution in [1.29, 1.82) is 0 Å². The Bertz CT molecular complexity index is 909. The summed E-state index contributed by atoms with van der Waals surface area (Å²) >= 11 is 5.91. The van der Waals surface area contributed by atoms with E-state index in [2.05, 4.69) is 37.7 Å². The first-order valence-corrected chi connectivity index (χ1v) is 10.2. The molecule has 0 aliphatic heterocycles. The van der Waals surface area contributed by atoms with E-state index < -0.39 is 0 Å². The summed E-state index contributed by atoms with van der Waals surface area (Å²) in [6.45, 7) is 3.38. The number of unbranched alkanes of at least 4 members (excludes halogenated alkanes) is 2. The molecule has 29 heavy (non-hydrogen) atoms. The van der Waals surface area contributed by atoms with Crippen LogP contribution in [0.2, 0.25) is 5.28 Å². The lowest BCUT2D eigenvalue weighted by molar-refractivity contribution is 0.0949. The van der Waals surface area contributed by atoms with Gasteiger partial charge in [-0.05, 0) is 30.9 Å². The van der Waals surface area contributed by atoms with Crippen molar-refractivity contribution in [1.82, 2.24) is 25.4 Å². The first-order chi connectivity index (χ1) is 14.2. The molecule has 0 aliphatic carbocycles. The summed E-state index contributed by atoms with van der Waals surface area (Å²) in [4.78, 5) is 23.7. The number of nitrogens with one attached hydrogen (secondary N) is 3. The topological polar surface area (TPSA) is 109 Å². The number of carbonyl (C=O) groups is 1. The molecule has 0 aliphatic rings. The van der Waals surface area contributed by atoms with E-state index in [1.807, 2.05) is 30.3 Å². The van der Waals surface area contributed by atoms with Crippen LogP contribution in [-0.4, -0.2) is 39.1 Å². The number of halogens is 1. The Morgan fingerprint density at radius 1 is 1.14 bits per heavy atom. The molecule has 0 unspecified atom stereocenters. The van der Waals surface area contributed by atoms with Crippen molar-refractivity contribution in [2.45, 2.75) is 39.0 Å². The highest BCUT2D eigenvalue weighted by molar-refractivity contribution is 6.28. The third kappa shape index (κ3) is 6.05. The maximum absolute atomic E-state index is 12.4. The smallest absolute Gasteiger partial charge is 0.271 e. The Labute approximate surface area is 174 Å². The maximum Gasteiger partial charge on any atom is 0.271 e. The molecular weight excluding hydrogens is 392 g/mol. The van der Waals surface area contributed by atoms with Crippen LogP contribution < -0.4 is 10.6 Å².